The summed E-state index contributed by atoms with van der Waals surface area (Å²) in [6, 6.07) is 0. The van der Waals surface area contributed by atoms with Crippen molar-refractivity contribution >= 4 is 13.9 Å². The van der Waals surface area contributed by atoms with Crippen LogP contribution in [0, 0.1) is 23.3 Å². The lowest BCUT2D eigenvalue weighted by molar-refractivity contribution is -0.121. The van der Waals surface area contributed by atoms with Gasteiger partial charge in [-0.2, -0.15) is 0 Å². The van der Waals surface area contributed by atoms with Crippen LogP contribution >= 0.6 is 0 Å². The first-order valence-corrected chi connectivity index (χ1v) is 11.2. The van der Waals surface area contributed by atoms with Crippen LogP contribution in [-0.4, -0.2) is 26.6 Å². The molecule has 0 N–H and O–H groups in total. The van der Waals surface area contributed by atoms with Crippen molar-refractivity contribution < 1.29 is 9.53 Å². The van der Waals surface area contributed by atoms with Crippen LogP contribution in [0.15, 0.2) is 12.2 Å². The molecule has 110 valence electrons. The van der Waals surface area contributed by atoms with E-state index in [2.05, 4.69) is 37.7 Å². The highest BCUT2D eigenvalue weighted by Crippen LogP contribution is 2.43. The molecule has 0 aromatic heterocycles. The average Bonchev–Trinajstić information content (AvgIpc) is 2.93. The Hall–Kier alpha value is -0.853. The topological polar surface area (TPSA) is 26.3 Å². The summed E-state index contributed by atoms with van der Waals surface area (Å²) in [5.74, 6) is 4.28. The number of hydrogen-bond donors (Lipinski definition) is 0. The van der Waals surface area contributed by atoms with E-state index in [0.29, 0.717) is 18.3 Å². The van der Waals surface area contributed by atoms with Crippen molar-refractivity contribution in [1.82, 2.24) is 0 Å². The largest absolute Gasteiger partial charge is 0.365 e. The SMILES string of the molecule is C=C1CC1C(CC1CCCC1=O)OCC#C[Si](C)(C)C. The van der Waals surface area contributed by atoms with Crippen LogP contribution in [0.1, 0.15) is 32.1 Å². The van der Waals surface area contributed by atoms with Crippen LogP contribution in [-0.2, 0) is 9.53 Å². The predicted molar refractivity (Wildman–Crippen MR) is 85.1 cm³/mol. The van der Waals surface area contributed by atoms with Crippen LogP contribution in [0.2, 0.25) is 19.6 Å². The molecule has 2 nitrogen and oxygen atoms in total. The molecule has 0 spiro atoms. The zero-order valence-electron chi connectivity index (χ0n) is 13.0. The standard InChI is InChI=1S/C17H26O2Si/c1-13-11-15(13)17(12-14-7-5-8-16(14)18)19-9-6-10-20(2,3)4/h14-15,17H,1,5,7-9,11-12H2,2-4H3. The Bertz CT molecular complexity index is 450. The van der Waals surface area contributed by atoms with Gasteiger partial charge in [-0.05, 0) is 25.7 Å². The fourth-order valence-corrected chi connectivity index (χ4v) is 3.44. The van der Waals surface area contributed by atoms with E-state index in [1.807, 2.05) is 0 Å². The Morgan fingerprint density at radius 3 is 2.65 bits per heavy atom. The molecule has 2 aliphatic carbocycles. The van der Waals surface area contributed by atoms with E-state index >= 15 is 0 Å². The summed E-state index contributed by atoms with van der Waals surface area (Å²) < 4.78 is 5.98. The van der Waals surface area contributed by atoms with E-state index < -0.39 is 8.07 Å². The van der Waals surface area contributed by atoms with Gasteiger partial charge in [-0.25, -0.2) is 0 Å². The van der Waals surface area contributed by atoms with Crippen LogP contribution in [0.25, 0.3) is 0 Å². The summed E-state index contributed by atoms with van der Waals surface area (Å²) in [6.45, 7) is 11.2. The quantitative estimate of drug-likeness (QED) is 0.439. The van der Waals surface area contributed by atoms with Crippen molar-refractivity contribution in [3.05, 3.63) is 12.2 Å². The number of ketones is 1. The Labute approximate surface area is 124 Å². The van der Waals surface area contributed by atoms with E-state index in [9.17, 15) is 4.79 Å². The van der Waals surface area contributed by atoms with Crippen molar-refractivity contribution in [1.29, 1.82) is 0 Å². The summed E-state index contributed by atoms with van der Waals surface area (Å²) in [4.78, 5) is 11.8. The summed E-state index contributed by atoms with van der Waals surface area (Å²) in [6.07, 6.45) is 4.95. The highest BCUT2D eigenvalue weighted by Gasteiger charge is 2.39. The zero-order valence-corrected chi connectivity index (χ0v) is 14.0. The maximum Gasteiger partial charge on any atom is 0.136 e. The molecule has 2 rings (SSSR count). The monoisotopic (exact) mass is 290 g/mol. The summed E-state index contributed by atoms with van der Waals surface area (Å²) in [7, 11) is -1.31. The number of hydrogen-bond acceptors (Lipinski definition) is 2. The fourth-order valence-electron chi connectivity index (χ4n) is 2.83. The summed E-state index contributed by atoms with van der Waals surface area (Å²) in [5.41, 5.74) is 4.60. The van der Waals surface area contributed by atoms with Crippen molar-refractivity contribution in [3.63, 3.8) is 0 Å². The van der Waals surface area contributed by atoms with E-state index in [4.69, 9.17) is 4.74 Å². The Morgan fingerprint density at radius 1 is 1.45 bits per heavy atom. The molecular weight excluding hydrogens is 264 g/mol. The second-order valence-corrected chi connectivity index (χ2v) is 11.9. The van der Waals surface area contributed by atoms with Gasteiger partial charge in [0.05, 0.1) is 6.10 Å². The molecule has 0 bridgehead atoms. The number of carbonyl (C=O) groups is 1. The first-order valence-electron chi connectivity index (χ1n) is 7.69. The zero-order chi connectivity index (χ0) is 14.8. The molecule has 0 heterocycles. The minimum atomic E-state index is -1.31. The number of carbonyl (C=O) groups excluding carboxylic acids is 1. The molecule has 3 unspecified atom stereocenters. The van der Waals surface area contributed by atoms with Crippen molar-refractivity contribution in [2.75, 3.05) is 6.61 Å². The van der Waals surface area contributed by atoms with Gasteiger partial charge in [0.2, 0.25) is 0 Å². The predicted octanol–water partition coefficient (Wildman–Crippen LogP) is 3.59. The van der Waals surface area contributed by atoms with Gasteiger partial charge in [-0.15, -0.1) is 5.54 Å². The van der Waals surface area contributed by atoms with Gasteiger partial charge in [0.15, 0.2) is 0 Å². The minimum Gasteiger partial charge on any atom is -0.365 e. The van der Waals surface area contributed by atoms with E-state index in [-0.39, 0.29) is 12.0 Å². The molecule has 0 aromatic rings. The molecule has 0 saturated heterocycles. The first-order chi connectivity index (χ1) is 9.37. The second-order valence-electron chi connectivity index (χ2n) is 7.16. The summed E-state index contributed by atoms with van der Waals surface area (Å²) >= 11 is 0. The highest BCUT2D eigenvalue weighted by atomic mass is 28.3. The van der Waals surface area contributed by atoms with Gasteiger partial charge in [0, 0.05) is 18.3 Å². The van der Waals surface area contributed by atoms with Gasteiger partial charge >= 0.3 is 0 Å². The lowest BCUT2D eigenvalue weighted by Gasteiger charge is -2.19. The molecule has 0 aromatic carbocycles. The molecule has 0 amide bonds. The van der Waals surface area contributed by atoms with Gasteiger partial charge < -0.3 is 4.74 Å². The third-order valence-corrected chi connectivity index (χ3v) is 5.00. The molecule has 3 heteroatoms. The molecule has 3 atom stereocenters. The smallest absolute Gasteiger partial charge is 0.136 e. The van der Waals surface area contributed by atoms with Crippen molar-refractivity contribution in [2.24, 2.45) is 11.8 Å². The highest BCUT2D eigenvalue weighted by molar-refractivity contribution is 6.83. The number of rotatable bonds is 5. The van der Waals surface area contributed by atoms with Crippen LogP contribution in [0.4, 0.5) is 0 Å². The molecule has 20 heavy (non-hydrogen) atoms. The number of Topliss-reactive ketones (excluding diaryl/α,β-unsaturated/α-hetero) is 1. The Morgan fingerprint density at radius 2 is 2.15 bits per heavy atom. The second kappa shape index (κ2) is 6.28. The third-order valence-electron chi connectivity index (χ3n) is 4.08. The molecule has 0 aliphatic heterocycles. The maximum absolute atomic E-state index is 11.8. The molecule has 0 radical (unpaired) electrons. The van der Waals surface area contributed by atoms with Gasteiger partial charge in [0.1, 0.15) is 20.5 Å². The van der Waals surface area contributed by atoms with Crippen LogP contribution < -0.4 is 0 Å². The lowest BCUT2D eigenvalue weighted by Crippen LogP contribution is -2.23. The maximum atomic E-state index is 11.8. The van der Waals surface area contributed by atoms with Crippen LogP contribution in [0.3, 0.4) is 0 Å². The molecule has 2 fully saturated rings. The van der Waals surface area contributed by atoms with E-state index in [1.165, 1.54) is 5.57 Å². The molecule has 2 aliphatic rings. The molecular formula is C17H26O2Si. The number of ether oxygens (including phenoxy) is 1. The van der Waals surface area contributed by atoms with Crippen molar-refractivity contribution in [3.8, 4) is 11.5 Å². The van der Waals surface area contributed by atoms with Crippen LogP contribution in [0.5, 0.6) is 0 Å². The normalized spacial score (nSPS) is 27.1. The first kappa shape index (κ1) is 15.5. The Kier molecular flexibility index (Phi) is 4.88. The van der Waals surface area contributed by atoms with Gasteiger partial charge in [0.25, 0.3) is 0 Å². The fraction of sp³-hybridized carbons (Fsp3) is 0.706. The third kappa shape index (κ3) is 4.61. The minimum absolute atomic E-state index is 0.158. The van der Waals surface area contributed by atoms with Gasteiger partial charge in [-0.1, -0.05) is 37.7 Å². The lowest BCUT2D eigenvalue weighted by atomic mass is 9.96. The Balaban J connectivity index is 1.86. The van der Waals surface area contributed by atoms with Gasteiger partial charge in [-0.3, -0.25) is 4.79 Å². The van der Waals surface area contributed by atoms with E-state index in [1.54, 1.807) is 0 Å². The molecule has 2 saturated carbocycles. The average molecular weight is 290 g/mol. The summed E-state index contributed by atoms with van der Waals surface area (Å²) in [5, 5.41) is 0. The van der Waals surface area contributed by atoms with Crippen molar-refractivity contribution in [2.45, 2.75) is 57.8 Å². The van der Waals surface area contributed by atoms with E-state index in [0.717, 1.165) is 32.1 Å².